The molecule has 23 heavy (non-hydrogen) atoms. The van der Waals surface area contributed by atoms with Crippen molar-refractivity contribution in [2.75, 3.05) is 0 Å². The molecule has 1 aromatic heterocycles. The summed E-state index contributed by atoms with van der Waals surface area (Å²) in [6.45, 7) is 4.13. The molecule has 0 atom stereocenters. The molecule has 0 radical (unpaired) electrons. The van der Waals surface area contributed by atoms with Crippen molar-refractivity contribution in [1.29, 1.82) is 0 Å². The van der Waals surface area contributed by atoms with Gasteiger partial charge in [-0.3, -0.25) is 4.79 Å². The highest BCUT2D eigenvalue weighted by atomic mass is 32.1. The van der Waals surface area contributed by atoms with Gasteiger partial charge in [0.15, 0.2) is 5.43 Å². The zero-order valence-corrected chi connectivity index (χ0v) is 13.9. The lowest BCUT2D eigenvalue weighted by Crippen LogP contribution is -2.04. The van der Waals surface area contributed by atoms with E-state index >= 15 is 0 Å². The Morgan fingerprint density at radius 2 is 1.57 bits per heavy atom. The van der Waals surface area contributed by atoms with E-state index in [0.29, 0.717) is 0 Å². The number of hydrogen-bond acceptors (Lipinski definition) is 2. The van der Waals surface area contributed by atoms with E-state index in [2.05, 4.69) is 32.0 Å². The lowest BCUT2D eigenvalue weighted by molar-refractivity contribution is 1.38. The topological polar surface area (TPSA) is 17.1 Å². The SMILES string of the molecule is Cc1cc(-c2ccccc2)c2sc3ccccc3c(=O)c2c1C. The smallest absolute Gasteiger partial charge is 0.196 e. The first kappa shape index (κ1) is 14.2. The summed E-state index contributed by atoms with van der Waals surface area (Å²) < 4.78 is 2.13. The Balaban J connectivity index is 2.25. The Labute approximate surface area is 138 Å². The molecular formula is C21H16OS. The molecule has 0 aliphatic heterocycles. The quantitative estimate of drug-likeness (QED) is 0.412. The molecular weight excluding hydrogens is 300 g/mol. The van der Waals surface area contributed by atoms with Gasteiger partial charge in [0.1, 0.15) is 0 Å². The maximum absolute atomic E-state index is 13.1. The second kappa shape index (κ2) is 5.32. The zero-order valence-electron chi connectivity index (χ0n) is 13.1. The third-order valence-corrected chi connectivity index (χ3v) is 5.66. The summed E-state index contributed by atoms with van der Waals surface area (Å²) in [5.41, 5.74) is 4.71. The Morgan fingerprint density at radius 3 is 2.35 bits per heavy atom. The van der Waals surface area contributed by atoms with E-state index in [1.165, 1.54) is 0 Å². The van der Waals surface area contributed by atoms with Crippen molar-refractivity contribution in [2.24, 2.45) is 0 Å². The summed E-state index contributed by atoms with van der Waals surface area (Å²) in [6.07, 6.45) is 0. The summed E-state index contributed by atoms with van der Waals surface area (Å²) in [6, 6.07) is 20.4. The number of fused-ring (bicyclic) bond motifs is 2. The van der Waals surface area contributed by atoms with Crippen molar-refractivity contribution in [3.8, 4) is 11.1 Å². The van der Waals surface area contributed by atoms with Gasteiger partial charge >= 0.3 is 0 Å². The molecule has 0 aliphatic carbocycles. The lowest BCUT2D eigenvalue weighted by Gasteiger charge is -2.12. The van der Waals surface area contributed by atoms with E-state index in [1.807, 2.05) is 42.5 Å². The van der Waals surface area contributed by atoms with Crippen LogP contribution in [0.4, 0.5) is 0 Å². The van der Waals surface area contributed by atoms with Crippen LogP contribution in [0.25, 0.3) is 31.3 Å². The highest BCUT2D eigenvalue weighted by Crippen LogP contribution is 2.36. The standard InChI is InChI=1S/C21H16OS/c1-13-12-17(15-8-4-3-5-9-15)21-19(14(13)2)20(22)16-10-6-7-11-18(16)23-21/h3-12H,1-2H3. The molecule has 0 spiro atoms. The predicted octanol–water partition coefficient (Wildman–Crippen LogP) is 5.70. The Morgan fingerprint density at radius 1 is 0.870 bits per heavy atom. The molecule has 1 nitrogen and oxygen atoms in total. The first-order valence-corrected chi connectivity index (χ1v) is 8.49. The molecule has 4 rings (SSSR count). The van der Waals surface area contributed by atoms with Gasteiger partial charge in [-0.25, -0.2) is 0 Å². The summed E-state index contributed by atoms with van der Waals surface area (Å²) >= 11 is 1.71. The molecule has 0 saturated carbocycles. The lowest BCUT2D eigenvalue weighted by atomic mass is 9.96. The molecule has 0 fully saturated rings. The van der Waals surface area contributed by atoms with Crippen molar-refractivity contribution in [1.82, 2.24) is 0 Å². The van der Waals surface area contributed by atoms with Crippen LogP contribution < -0.4 is 5.43 Å². The van der Waals surface area contributed by atoms with Crippen LogP contribution in [0.15, 0.2) is 65.5 Å². The largest absolute Gasteiger partial charge is 0.288 e. The van der Waals surface area contributed by atoms with Crippen LogP contribution in [-0.4, -0.2) is 0 Å². The van der Waals surface area contributed by atoms with Gasteiger partial charge in [-0.2, -0.15) is 0 Å². The molecule has 0 aliphatic rings. The first-order chi connectivity index (χ1) is 11.2. The highest BCUT2D eigenvalue weighted by Gasteiger charge is 2.14. The van der Waals surface area contributed by atoms with E-state index in [0.717, 1.165) is 42.4 Å². The Hall–Kier alpha value is -2.45. The maximum atomic E-state index is 13.1. The Kier molecular flexibility index (Phi) is 3.28. The van der Waals surface area contributed by atoms with Gasteiger partial charge in [0.2, 0.25) is 0 Å². The molecule has 1 heterocycles. The molecule has 4 aromatic rings. The van der Waals surface area contributed by atoms with Gasteiger partial charge in [0, 0.05) is 20.2 Å². The average Bonchev–Trinajstić information content (AvgIpc) is 2.59. The fourth-order valence-electron chi connectivity index (χ4n) is 3.09. The van der Waals surface area contributed by atoms with Crippen molar-refractivity contribution >= 4 is 31.5 Å². The van der Waals surface area contributed by atoms with E-state index < -0.39 is 0 Å². The van der Waals surface area contributed by atoms with E-state index in [9.17, 15) is 4.79 Å². The van der Waals surface area contributed by atoms with Crippen molar-refractivity contribution in [3.05, 3.63) is 82.0 Å². The molecule has 0 amide bonds. The van der Waals surface area contributed by atoms with Gasteiger partial charge in [-0.1, -0.05) is 42.5 Å². The normalized spacial score (nSPS) is 11.2. The number of hydrogen-bond donors (Lipinski definition) is 0. The fourth-order valence-corrected chi connectivity index (χ4v) is 4.36. The molecule has 0 N–H and O–H groups in total. The van der Waals surface area contributed by atoms with Crippen LogP contribution in [-0.2, 0) is 0 Å². The van der Waals surface area contributed by atoms with Crippen molar-refractivity contribution < 1.29 is 0 Å². The molecule has 2 heteroatoms. The van der Waals surface area contributed by atoms with Gasteiger partial charge in [0.25, 0.3) is 0 Å². The minimum Gasteiger partial charge on any atom is -0.288 e. The summed E-state index contributed by atoms with van der Waals surface area (Å²) in [7, 11) is 0. The summed E-state index contributed by atoms with van der Waals surface area (Å²) in [5, 5.41) is 1.69. The van der Waals surface area contributed by atoms with Crippen molar-refractivity contribution in [3.63, 3.8) is 0 Å². The van der Waals surface area contributed by atoms with Gasteiger partial charge in [-0.05, 0) is 54.3 Å². The van der Waals surface area contributed by atoms with Crippen LogP contribution in [0.2, 0.25) is 0 Å². The summed E-state index contributed by atoms with van der Waals surface area (Å²) in [4.78, 5) is 13.1. The number of rotatable bonds is 1. The minimum atomic E-state index is 0.146. The Bertz CT molecular complexity index is 1090. The van der Waals surface area contributed by atoms with E-state index in [-0.39, 0.29) is 5.43 Å². The van der Waals surface area contributed by atoms with Crippen LogP contribution in [0.1, 0.15) is 11.1 Å². The van der Waals surface area contributed by atoms with Gasteiger partial charge < -0.3 is 0 Å². The fraction of sp³-hybridized carbons (Fsp3) is 0.0952. The van der Waals surface area contributed by atoms with Crippen LogP contribution >= 0.6 is 11.3 Å². The highest BCUT2D eigenvalue weighted by molar-refractivity contribution is 7.25. The van der Waals surface area contributed by atoms with Crippen LogP contribution in [0, 0.1) is 13.8 Å². The third-order valence-electron chi connectivity index (χ3n) is 4.45. The van der Waals surface area contributed by atoms with E-state index in [4.69, 9.17) is 0 Å². The summed E-state index contributed by atoms with van der Waals surface area (Å²) in [5.74, 6) is 0. The monoisotopic (exact) mass is 316 g/mol. The molecule has 112 valence electrons. The second-order valence-electron chi connectivity index (χ2n) is 5.86. The number of aryl methyl sites for hydroxylation is 2. The van der Waals surface area contributed by atoms with Crippen molar-refractivity contribution in [2.45, 2.75) is 13.8 Å². The zero-order chi connectivity index (χ0) is 16.0. The predicted molar refractivity (Wildman–Crippen MR) is 101 cm³/mol. The number of benzene rings is 3. The first-order valence-electron chi connectivity index (χ1n) is 7.68. The molecule has 0 bridgehead atoms. The molecule has 3 aromatic carbocycles. The van der Waals surface area contributed by atoms with Gasteiger partial charge in [-0.15, -0.1) is 11.3 Å². The maximum Gasteiger partial charge on any atom is 0.196 e. The second-order valence-corrected chi connectivity index (χ2v) is 6.92. The molecule has 0 saturated heterocycles. The van der Waals surface area contributed by atoms with E-state index in [1.54, 1.807) is 11.3 Å². The molecule has 0 unspecified atom stereocenters. The third kappa shape index (κ3) is 2.18. The average molecular weight is 316 g/mol. The van der Waals surface area contributed by atoms with Crippen LogP contribution in [0.3, 0.4) is 0 Å². The van der Waals surface area contributed by atoms with Gasteiger partial charge in [0.05, 0.1) is 0 Å². The minimum absolute atomic E-state index is 0.146. The van der Waals surface area contributed by atoms with Crippen LogP contribution in [0.5, 0.6) is 0 Å².